The Balaban J connectivity index is 1.03. The van der Waals surface area contributed by atoms with E-state index in [0.29, 0.717) is 6.04 Å². The molecule has 0 saturated carbocycles. The van der Waals surface area contributed by atoms with Gasteiger partial charge in [0, 0.05) is 33.9 Å². The number of fused-ring (bicyclic) bond motifs is 3. The summed E-state index contributed by atoms with van der Waals surface area (Å²) < 4.78 is 0. The van der Waals surface area contributed by atoms with E-state index in [9.17, 15) is 0 Å². The zero-order chi connectivity index (χ0) is 34.2. The number of allylic oxidation sites excluding steroid dienone is 1. The van der Waals surface area contributed by atoms with Gasteiger partial charge in [-0.05, 0) is 106 Å². The summed E-state index contributed by atoms with van der Waals surface area (Å²) in [6.45, 7) is 2.44. The van der Waals surface area contributed by atoms with E-state index in [-0.39, 0.29) is 5.41 Å². The molecule has 0 radical (unpaired) electrons. The van der Waals surface area contributed by atoms with E-state index >= 15 is 0 Å². The first-order chi connectivity index (χ1) is 25.2. The Labute approximate surface area is 301 Å². The van der Waals surface area contributed by atoms with Crippen LogP contribution in [0.5, 0.6) is 0 Å². The lowest BCUT2D eigenvalue weighted by atomic mass is 9.72. The normalized spacial score (nSPS) is 17.5. The van der Waals surface area contributed by atoms with Crippen molar-refractivity contribution in [3.05, 3.63) is 200 Å². The van der Waals surface area contributed by atoms with Crippen LogP contribution in [-0.2, 0) is 5.41 Å². The highest BCUT2D eigenvalue weighted by Crippen LogP contribution is 2.53. The van der Waals surface area contributed by atoms with E-state index in [2.05, 4.69) is 211 Å². The summed E-state index contributed by atoms with van der Waals surface area (Å²) in [5.41, 5.74) is 14.8. The van der Waals surface area contributed by atoms with Crippen molar-refractivity contribution in [1.29, 1.82) is 0 Å². The summed E-state index contributed by atoms with van der Waals surface area (Å²) in [6, 6.07) is 66.4. The zero-order valence-corrected chi connectivity index (χ0v) is 28.9. The minimum atomic E-state index is 0.134. The van der Waals surface area contributed by atoms with Gasteiger partial charge in [-0.1, -0.05) is 146 Å². The molecule has 2 nitrogen and oxygen atoms in total. The highest BCUT2D eigenvalue weighted by Gasteiger charge is 2.47. The Kier molecular flexibility index (Phi) is 7.86. The van der Waals surface area contributed by atoms with Crippen LogP contribution in [0.4, 0.5) is 28.4 Å². The average molecular weight is 657 g/mol. The van der Waals surface area contributed by atoms with Crippen LogP contribution in [0.3, 0.4) is 0 Å². The predicted molar refractivity (Wildman–Crippen MR) is 216 cm³/mol. The van der Waals surface area contributed by atoms with Gasteiger partial charge in [0.1, 0.15) is 0 Å². The maximum atomic E-state index is 2.54. The van der Waals surface area contributed by atoms with Gasteiger partial charge in [0.15, 0.2) is 0 Å². The van der Waals surface area contributed by atoms with Crippen molar-refractivity contribution < 1.29 is 0 Å². The standard InChI is InChI=1S/C49H40N2/c1-49-35-11-10-18-48(49)51(47-17-9-8-16-46(47)49)45-33-25-41(26-34-45)40-23-31-44(32-24-40)50(42-27-19-38(20-28-42)36-12-4-2-5-13-36)43-29-21-39(22-30-43)37-14-6-3-7-15-37/h2-10,12-34,48H,11,35H2,1H3. The number of para-hydroxylation sites is 1. The lowest BCUT2D eigenvalue weighted by Crippen LogP contribution is -2.41. The van der Waals surface area contributed by atoms with Crippen molar-refractivity contribution in [3.8, 4) is 33.4 Å². The van der Waals surface area contributed by atoms with Gasteiger partial charge in [-0.15, -0.1) is 0 Å². The fourth-order valence-electron chi connectivity index (χ4n) is 8.18. The smallest absolute Gasteiger partial charge is 0.0617 e. The van der Waals surface area contributed by atoms with Crippen LogP contribution >= 0.6 is 0 Å². The fraction of sp³-hybridized carbons (Fsp3) is 0.102. The van der Waals surface area contributed by atoms with Crippen molar-refractivity contribution in [3.63, 3.8) is 0 Å². The van der Waals surface area contributed by atoms with Gasteiger partial charge in [0.05, 0.1) is 6.04 Å². The van der Waals surface area contributed by atoms with E-state index in [1.807, 2.05) is 0 Å². The van der Waals surface area contributed by atoms with E-state index < -0.39 is 0 Å². The topological polar surface area (TPSA) is 6.48 Å². The number of benzene rings is 7. The van der Waals surface area contributed by atoms with E-state index in [4.69, 9.17) is 0 Å². The van der Waals surface area contributed by atoms with E-state index in [0.717, 1.165) is 23.5 Å². The van der Waals surface area contributed by atoms with Crippen LogP contribution in [0, 0.1) is 0 Å². The van der Waals surface area contributed by atoms with Crippen LogP contribution in [0.15, 0.2) is 194 Å². The number of nitrogens with zero attached hydrogens (tertiary/aromatic N) is 2. The van der Waals surface area contributed by atoms with Crippen LogP contribution in [0.2, 0.25) is 0 Å². The van der Waals surface area contributed by atoms with Crippen molar-refractivity contribution in [1.82, 2.24) is 0 Å². The Morgan fingerprint density at radius 2 is 0.882 bits per heavy atom. The van der Waals surface area contributed by atoms with Crippen LogP contribution in [-0.4, -0.2) is 6.04 Å². The highest BCUT2D eigenvalue weighted by atomic mass is 15.2. The first-order valence-electron chi connectivity index (χ1n) is 18.0. The van der Waals surface area contributed by atoms with Crippen LogP contribution < -0.4 is 9.80 Å². The average Bonchev–Trinajstić information content (AvgIpc) is 3.48. The Bertz CT molecular complexity index is 2210. The Hall–Kier alpha value is -6.12. The third-order valence-electron chi connectivity index (χ3n) is 10.9. The van der Waals surface area contributed by atoms with Gasteiger partial charge < -0.3 is 9.80 Å². The SMILES string of the molecule is CC12CCC=CC1N(c1ccc(-c3ccc(N(c4ccc(-c5ccccc5)cc4)c4ccc(-c5ccccc5)cc4)cc3)cc1)c1ccccc12. The summed E-state index contributed by atoms with van der Waals surface area (Å²) in [6.07, 6.45) is 7.10. The summed E-state index contributed by atoms with van der Waals surface area (Å²) in [7, 11) is 0. The molecule has 1 aliphatic carbocycles. The number of anilines is 5. The molecule has 0 saturated heterocycles. The number of rotatable bonds is 7. The molecule has 0 spiro atoms. The quantitative estimate of drug-likeness (QED) is 0.158. The maximum absolute atomic E-state index is 2.54. The predicted octanol–water partition coefficient (Wildman–Crippen LogP) is 13.3. The van der Waals surface area contributed by atoms with Gasteiger partial charge in [-0.2, -0.15) is 0 Å². The molecule has 9 rings (SSSR count). The zero-order valence-electron chi connectivity index (χ0n) is 28.9. The lowest BCUT2D eigenvalue weighted by Gasteiger charge is -2.37. The summed E-state index contributed by atoms with van der Waals surface area (Å²) in [5.74, 6) is 0. The molecule has 2 heteroatoms. The Morgan fingerprint density at radius 1 is 0.471 bits per heavy atom. The monoisotopic (exact) mass is 656 g/mol. The van der Waals surface area contributed by atoms with Crippen LogP contribution in [0.25, 0.3) is 33.4 Å². The molecule has 0 bridgehead atoms. The van der Waals surface area contributed by atoms with Crippen molar-refractivity contribution in [2.75, 3.05) is 9.80 Å². The molecule has 0 aromatic heterocycles. The largest absolute Gasteiger partial charge is 0.333 e. The fourth-order valence-corrected chi connectivity index (χ4v) is 8.18. The molecule has 51 heavy (non-hydrogen) atoms. The number of hydrogen-bond acceptors (Lipinski definition) is 2. The molecule has 0 N–H and O–H groups in total. The summed E-state index contributed by atoms with van der Waals surface area (Å²) >= 11 is 0. The van der Waals surface area contributed by atoms with E-state index in [1.165, 1.54) is 56.7 Å². The molecule has 2 unspecified atom stereocenters. The molecular weight excluding hydrogens is 617 g/mol. The lowest BCUT2D eigenvalue weighted by molar-refractivity contribution is 0.401. The van der Waals surface area contributed by atoms with Gasteiger partial charge in [-0.3, -0.25) is 0 Å². The second kappa shape index (κ2) is 13.0. The molecule has 7 aromatic rings. The first kappa shape index (κ1) is 30.9. The third kappa shape index (κ3) is 5.63. The van der Waals surface area contributed by atoms with Crippen LogP contribution in [0.1, 0.15) is 25.3 Å². The van der Waals surface area contributed by atoms with Gasteiger partial charge >= 0.3 is 0 Å². The molecule has 1 aliphatic heterocycles. The molecule has 0 fully saturated rings. The van der Waals surface area contributed by atoms with E-state index in [1.54, 1.807) is 0 Å². The van der Waals surface area contributed by atoms with Crippen molar-refractivity contribution in [2.24, 2.45) is 0 Å². The molecule has 2 aliphatic rings. The first-order valence-corrected chi connectivity index (χ1v) is 18.0. The molecule has 2 atom stereocenters. The second-order valence-electron chi connectivity index (χ2n) is 14.0. The second-order valence-corrected chi connectivity index (χ2v) is 14.0. The minimum absolute atomic E-state index is 0.134. The Morgan fingerprint density at radius 3 is 1.37 bits per heavy atom. The van der Waals surface area contributed by atoms with Crippen molar-refractivity contribution in [2.45, 2.75) is 31.2 Å². The third-order valence-corrected chi connectivity index (χ3v) is 10.9. The molecule has 7 aromatic carbocycles. The molecule has 0 amide bonds. The molecule has 246 valence electrons. The maximum Gasteiger partial charge on any atom is 0.0617 e. The molecule has 1 heterocycles. The summed E-state index contributed by atoms with van der Waals surface area (Å²) in [5, 5.41) is 0. The van der Waals surface area contributed by atoms with Gasteiger partial charge in [-0.25, -0.2) is 0 Å². The van der Waals surface area contributed by atoms with Crippen molar-refractivity contribution >= 4 is 28.4 Å². The number of hydrogen-bond donors (Lipinski definition) is 0. The van der Waals surface area contributed by atoms with Gasteiger partial charge in [0.25, 0.3) is 0 Å². The van der Waals surface area contributed by atoms with Gasteiger partial charge in [0.2, 0.25) is 0 Å². The minimum Gasteiger partial charge on any atom is -0.333 e. The summed E-state index contributed by atoms with van der Waals surface area (Å²) in [4.78, 5) is 4.89. The molecular formula is C49H40N2. The highest BCUT2D eigenvalue weighted by molar-refractivity contribution is 5.82.